The van der Waals surface area contributed by atoms with Crippen LogP contribution in [0.4, 0.5) is 0 Å². The maximum Gasteiger partial charge on any atom is 0.306 e. The van der Waals surface area contributed by atoms with E-state index < -0.39 is 12.2 Å². The van der Waals surface area contributed by atoms with E-state index in [1.165, 1.54) is 6.42 Å². The maximum absolute atomic E-state index is 11.5. The van der Waals surface area contributed by atoms with Crippen LogP contribution in [0.25, 0.3) is 0 Å². The number of unbranched alkanes of at least 4 members (excludes halogenated alkanes) is 4. The molecule has 0 saturated carbocycles. The van der Waals surface area contributed by atoms with E-state index in [9.17, 15) is 4.79 Å². The minimum absolute atomic E-state index is 0.00906. The summed E-state index contributed by atoms with van der Waals surface area (Å²) in [6.45, 7) is 1.38. The van der Waals surface area contributed by atoms with Crippen LogP contribution in [0.1, 0.15) is 45.4 Å². The Morgan fingerprint density at radius 1 is 1.05 bits per heavy atom. The monoisotopic (exact) mass is 292 g/mol. The van der Waals surface area contributed by atoms with E-state index >= 15 is 0 Å². The largest absolute Gasteiger partial charge is 0.457 e. The van der Waals surface area contributed by atoms with Crippen LogP contribution in [0.3, 0.4) is 0 Å². The van der Waals surface area contributed by atoms with Crippen LogP contribution in [-0.2, 0) is 14.3 Å². The summed E-state index contributed by atoms with van der Waals surface area (Å²) < 4.78 is 10.1. The fourth-order valence-electron chi connectivity index (χ4n) is 1.63. The molecule has 0 rings (SSSR count). The summed E-state index contributed by atoms with van der Waals surface area (Å²) in [5.41, 5.74) is 0. The predicted octanol–water partition coefficient (Wildman–Crippen LogP) is 0.621. The molecule has 0 amide bonds. The molecule has 2 unspecified atom stereocenters. The van der Waals surface area contributed by atoms with Gasteiger partial charge in [0, 0.05) is 6.42 Å². The van der Waals surface area contributed by atoms with E-state index in [-0.39, 0.29) is 32.4 Å². The Morgan fingerprint density at radius 2 is 1.75 bits per heavy atom. The van der Waals surface area contributed by atoms with Crippen molar-refractivity contribution in [2.75, 3.05) is 26.4 Å². The molecule has 6 heteroatoms. The molecule has 6 nitrogen and oxygen atoms in total. The molecule has 0 aromatic carbocycles. The van der Waals surface area contributed by atoms with E-state index in [1.807, 2.05) is 0 Å². The molecular formula is C14H28O6. The van der Waals surface area contributed by atoms with Crippen LogP contribution >= 0.6 is 0 Å². The number of rotatable bonds is 13. The zero-order valence-electron chi connectivity index (χ0n) is 12.3. The number of carbonyl (C=O) groups is 1. The van der Waals surface area contributed by atoms with Gasteiger partial charge in [0.05, 0.1) is 26.4 Å². The fraction of sp³-hybridized carbons (Fsp3) is 0.929. The molecule has 0 heterocycles. The zero-order chi connectivity index (χ0) is 15.2. The Balaban J connectivity index is 3.67. The average molecular weight is 292 g/mol. The van der Waals surface area contributed by atoms with Crippen molar-refractivity contribution in [3.8, 4) is 0 Å². The van der Waals surface area contributed by atoms with Crippen molar-refractivity contribution in [3.05, 3.63) is 0 Å². The van der Waals surface area contributed by atoms with E-state index in [4.69, 9.17) is 24.8 Å². The Morgan fingerprint density at radius 3 is 2.35 bits per heavy atom. The smallest absolute Gasteiger partial charge is 0.306 e. The van der Waals surface area contributed by atoms with Crippen LogP contribution in [0.5, 0.6) is 0 Å². The lowest BCUT2D eigenvalue weighted by Gasteiger charge is -2.16. The number of aliphatic hydroxyl groups is 3. The highest BCUT2D eigenvalue weighted by atomic mass is 16.6. The first-order valence-electron chi connectivity index (χ1n) is 7.31. The highest BCUT2D eigenvalue weighted by Crippen LogP contribution is 2.07. The van der Waals surface area contributed by atoms with Gasteiger partial charge in [-0.1, -0.05) is 32.6 Å². The molecule has 3 N–H and O–H groups in total. The van der Waals surface area contributed by atoms with Gasteiger partial charge in [-0.05, 0) is 6.42 Å². The first kappa shape index (κ1) is 19.3. The lowest BCUT2D eigenvalue weighted by atomic mass is 10.1. The molecule has 0 saturated heterocycles. The second-order valence-corrected chi connectivity index (χ2v) is 4.83. The third kappa shape index (κ3) is 11.2. The molecule has 0 aliphatic carbocycles. The van der Waals surface area contributed by atoms with Crippen LogP contribution in [0.15, 0.2) is 0 Å². The van der Waals surface area contributed by atoms with Crippen LogP contribution in [0.2, 0.25) is 0 Å². The standard InChI is InChI=1S/C14H28O6/c1-2-3-4-5-6-7-14(18)20-13(9-16)11-19-10-12(17)8-15/h12-13,15-17H,2-11H2,1H3. The Labute approximate surface area is 120 Å². The van der Waals surface area contributed by atoms with E-state index in [0.29, 0.717) is 6.42 Å². The van der Waals surface area contributed by atoms with Crippen molar-refractivity contribution >= 4 is 5.97 Å². The van der Waals surface area contributed by atoms with Crippen molar-refractivity contribution in [1.82, 2.24) is 0 Å². The Hall–Kier alpha value is -0.690. The van der Waals surface area contributed by atoms with Crippen molar-refractivity contribution in [2.24, 2.45) is 0 Å². The number of aliphatic hydroxyl groups excluding tert-OH is 3. The zero-order valence-corrected chi connectivity index (χ0v) is 12.3. The molecule has 0 radical (unpaired) electrons. The summed E-state index contributed by atoms with van der Waals surface area (Å²) in [5, 5.41) is 26.7. The Kier molecular flexibility index (Phi) is 12.8. The lowest BCUT2D eigenvalue weighted by Crippen LogP contribution is -2.29. The van der Waals surface area contributed by atoms with Gasteiger partial charge >= 0.3 is 5.97 Å². The quantitative estimate of drug-likeness (QED) is 0.340. The number of hydrogen-bond acceptors (Lipinski definition) is 6. The molecule has 0 spiro atoms. The number of carbonyl (C=O) groups excluding carboxylic acids is 1. The molecule has 0 aliphatic rings. The molecule has 20 heavy (non-hydrogen) atoms. The number of hydrogen-bond donors (Lipinski definition) is 3. The molecule has 2 atom stereocenters. The molecule has 0 aromatic heterocycles. The van der Waals surface area contributed by atoms with Crippen molar-refractivity contribution in [1.29, 1.82) is 0 Å². The van der Waals surface area contributed by atoms with E-state index in [2.05, 4.69) is 6.92 Å². The molecule has 0 fully saturated rings. The SMILES string of the molecule is CCCCCCCC(=O)OC(CO)COCC(O)CO. The maximum atomic E-state index is 11.5. The summed E-state index contributed by atoms with van der Waals surface area (Å²) in [6.07, 6.45) is 3.93. The molecule has 120 valence electrons. The van der Waals surface area contributed by atoms with Gasteiger partial charge in [0.25, 0.3) is 0 Å². The van der Waals surface area contributed by atoms with Gasteiger partial charge in [-0.3, -0.25) is 4.79 Å². The van der Waals surface area contributed by atoms with Crippen molar-refractivity contribution in [2.45, 2.75) is 57.7 Å². The molecule has 0 aromatic rings. The summed E-state index contributed by atoms with van der Waals surface area (Å²) >= 11 is 0. The van der Waals surface area contributed by atoms with Crippen LogP contribution < -0.4 is 0 Å². The predicted molar refractivity (Wildman–Crippen MR) is 74.3 cm³/mol. The normalized spacial score (nSPS) is 14.0. The molecular weight excluding hydrogens is 264 g/mol. The summed E-state index contributed by atoms with van der Waals surface area (Å²) in [7, 11) is 0. The minimum Gasteiger partial charge on any atom is -0.457 e. The van der Waals surface area contributed by atoms with Crippen LogP contribution in [-0.4, -0.2) is 59.9 Å². The topological polar surface area (TPSA) is 96.2 Å². The van der Waals surface area contributed by atoms with Gasteiger partial charge in [-0.2, -0.15) is 0 Å². The average Bonchev–Trinajstić information content (AvgIpc) is 2.45. The van der Waals surface area contributed by atoms with Gasteiger partial charge in [0.2, 0.25) is 0 Å². The highest BCUT2D eigenvalue weighted by Gasteiger charge is 2.14. The van der Waals surface area contributed by atoms with Crippen molar-refractivity contribution in [3.63, 3.8) is 0 Å². The summed E-state index contributed by atoms with van der Waals surface area (Å²) in [5.74, 6) is -0.341. The minimum atomic E-state index is -0.955. The number of ether oxygens (including phenoxy) is 2. The lowest BCUT2D eigenvalue weighted by molar-refractivity contribution is -0.155. The van der Waals surface area contributed by atoms with Gasteiger partial charge in [-0.25, -0.2) is 0 Å². The Bertz CT molecular complexity index is 234. The van der Waals surface area contributed by atoms with Gasteiger partial charge in [0.15, 0.2) is 0 Å². The van der Waals surface area contributed by atoms with Crippen molar-refractivity contribution < 1.29 is 29.6 Å². The second kappa shape index (κ2) is 13.3. The second-order valence-electron chi connectivity index (χ2n) is 4.83. The van der Waals surface area contributed by atoms with Gasteiger partial charge < -0.3 is 24.8 Å². The van der Waals surface area contributed by atoms with Crippen LogP contribution in [0, 0.1) is 0 Å². The first-order chi connectivity index (χ1) is 9.63. The fourth-order valence-corrected chi connectivity index (χ4v) is 1.63. The molecule has 0 bridgehead atoms. The third-order valence-corrected chi connectivity index (χ3v) is 2.81. The summed E-state index contributed by atoms with van der Waals surface area (Å²) in [6, 6.07) is 0. The third-order valence-electron chi connectivity index (χ3n) is 2.81. The molecule has 0 aliphatic heterocycles. The van der Waals surface area contributed by atoms with E-state index in [1.54, 1.807) is 0 Å². The van der Waals surface area contributed by atoms with Gasteiger partial charge in [-0.15, -0.1) is 0 Å². The highest BCUT2D eigenvalue weighted by molar-refractivity contribution is 5.69. The first-order valence-corrected chi connectivity index (χ1v) is 7.31. The summed E-state index contributed by atoms with van der Waals surface area (Å²) in [4.78, 5) is 11.5. The number of esters is 1. The van der Waals surface area contributed by atoms with E-state index in [0.717, 1.165) is 25.7 Å². The van der Waals surface area contributed by atoms with Gasteiger partial charge in [0.1, 0.15) is 12.2 Å².